The topological polar surface area (TPSA) is 78.9 Å². The predicted octanol–water partition coefficient (Wildman–Crippen LogP) is -0.537. The quantitative estimate of drug-likeness (QED) is 0.557. The number of hydrogen-bond donors (Lipinski definition) is 1. The highest BCUT2D eigenvalue weighted by Gasteiger charge is 2.49. The Hall–Kier alpha value is -1.63. The van der Waals surface area contributed by atoms with Crippen LogP contribution in [-0.2, 0) is 19.1 Å². The number of carbonyl (C=O) groups excluding carboxylic acids is 3. The summed E-state index contributed by atoms with van der Waals surface area (Å²) in [5, 5.41) is 2.79. The fourth-order valence-corrected chi connectivity index (χ4v) is 3.16. The van der Waals surface area contributed by atoms with Gasteiger partial charge >= 0.3 is 5.97 Å². The third-order valence-corrected chi connectivity index (χ3v) is 4.60. The van der Waals surface area contributed by atoms with E-state index < -0.39 is 18.0 Å². The number of hydrogen-bond acceptors (Lipinski definition) is 5. The minimum Gasteiger partial charge on any atom is -0.462 e. The molecule has 2 fully saturated rings. The standard InChI is InChI=1S/C15H25N3O4/c1-9(15(21)18-7-5-17(4)6-8-18)13-12(14(20)16-13)10(2)22-11(3)19/h9-10,12-13H,5-8H2,1-4H3,(H,16,20)/t9-,10?,12-,13-/m1/s1. The van der Waals surface area contributed by atoms with Gasteiger partial charge in [0.15, 0.2) is 0 Å². The number of ether oxygens (including phenoxy) is 1. The first-order chi connectivity index (χ1) is 10.3. The smallest absolute Gasteiger partial charge is 0.302 e. The van der Waals surface area contributed by atoms with Gasteiger partial charge in [0, 0.05) is 33.1 Å². The molecule has 0 radical (unpaired) electrons. The molecule has 22 heavy (non-hydrogen) atoms. The summed E-state index contributed by atoms with van der Waals surface area (Å²) < 4.78 is 5.11. The molecule has 7 nitrogen and oxygen atoms in total. The van der Waals surface area contributed by atoms with E-state index in [0.717, 1.165) is 13.1 Å². The second-order valence-corrected chi connectivity index (χ2v) is 6.29. The zero-order chi connectivity index (χ0) is 16.4. The number of nitrogens with one attached hydrogen (secondary N) is 1. The van der Waals surface area contributed by atoms with Crippen molar-refractivity contribution in [3.05, 3.63) is 0 Å². The van der Waals surface area contributed by atoms with E-state index in [0.29, 0.717) is 13.1 Å². The van der Waals surface area contributed by atoms with Crippen molar-refractivity contribution in [3.63, 3.8) is 0 Å². The van der Waals surface area contributed by atoms with Crippen molar-refractivity contribution in [1.29, 1.82) is 0 Å². The van der Waals surface area contributed by atoms with Gasteiger partial charge in [-0.05, 0) is 14.0 Å². The summed E-state index contributed by atoms with van der Waals surface area (Å²) in [7, 11) is 2.04. The van der Waals surface area contributed by atoms with Gasteiger partial charge in [0.2, 0.25) is 11.8 Å². The summed E-state index contributed by atoms with van der Waals surface area (Å²) >= 11 is 0. The van der Waals surface area contributed by atoms with Crippen molar-refractivity contribution in [2.45, 2.75) is 32.9 Å². The third-order valence-electron chi connectivity index (χ3n) is 4.60. The highest BCUT2D eigenvalue weighted by molar-refractivity contribution is 5.90. The Kier molecular flexibility index (Phi) is 5.05. The molecule has 0 aromatic heterocycles. The van der Waals surface area contributed by atoms with Crippen molar-refractivity contribution in [3.8, 4) is 0 Å². The molecule has 0 aromatic rings. The maximum absolute atomic E-state index is 12.6. The zero-order valence-corrected chi connectivity index (χ0v) is 13.7. The normalized spacial score (nSPS) is 28.4. The van der Waals surface area contributed by atoms with E-state index in [1.165, 1.54) is 6.92 Å². The van der Waals surface area contributed by atoms with Gasteiger partial charge in [0.1, 0.15) is 6.10 Å². The lowest BCUT2D eigenvalue weighted by Gasteiger charge is -2.44. The first-order valence-corrected chi connectivity index (χ1v) is 7.76. The molecule has 0 bridgehead atoms. The molecule has 124 valence electrons. The van der Waals surface area contributed by atoms with Crippen LogP contribution in [-0.4, -0.2) is 73.0 Å². The Bertz CT molecular complexity index is 460. The van der Waals surface area contributed by atoms with E-state index in [4.69, 9.17) is 4.74 Å². The lowest BCUT2D eigenvalue weighted by molar-refractivity contribution is -0.159. The molecule has 2 heterocycles. The highest BCUT2D eigenvalue weighted by Crippen LogP contribution is 2.28. The maximum atomic E-state index is 12.6. The molecule has 1 N–H and O–H groups in total. The van der Waals surface area contributed by atoms with Crippen LogP contribution in [0.2, 0.25) is 0 Å². The van der Waals surface area contributed by atoms with Gasteiger partial charge in [-0.1, -0.05) is 6.92 Å². The number of β-lactam (4-membered cyclic amide) rings is 1. The minimum atomic E-state index is -0.515. The molecule has 0 aromatic carbocycles. The first-order valence-electron chi connectivity index (χ1n) is 7.76. The number of esters is 1. The van der Waals surface area contributed by atoms with Crippen LogP contribution in [0.3, 0.4) is 0 Å². The predicted molar refractivity (Wildman–Crippen MR) is 79.9 cm³/mol. The van der Waals surface area contributed by atoms with Gasteiger partial charge in [-0.15, -0.1) is 0 Å². The van der Waals surface area contributed by atoms with E-state index in [2.05, 4.69) is 10.2 Å². The molecule has 4 atom stereocenters. The summed E-state index contributed by atoms with van der Waals surface area (Å²) in [6.07, 6.45) is -0.515. The van der Waals surface area contributed by atoms with Crippen LogP contribution < -0.4 is 5.32 Å². The van der Waals surface area contributed by atoms with Crippen LogP contribution >= 0.6 is 0 Å². The zero-order valence-electron chi connectivity index (χ0n) is 13.7. The third kappa shape index (κ3) is 3.40. The van der Waals surface area contributed by atoms with Crippen molar-refractivity contribution in [2.24, 2.45) is 11.8 Å². The molecule has 0 aliphatic carbocycles. The van der Waals surface area contributed by atoms with E-state index >= 15 is 0 Å². The average molecular weight is 311 g/mol. The highest BCUT2D eigenvalue weighted by atomic mass is 16.5. The summed E-state index contributed by atoms with van der Waals surface area (Å²) in [4.78, 5) is 39.5. The van der Waals surface area contributed by atoms with Crippen molar-refractivity contribution in [1.82, 2.24) is 15.1 Å². The average Bonchev–Trinajstić information content (AvgIpc) is 2.43. The lowest BCUT2D eigenvalue weighted by Crippen LogP contribution is -2.67. The monoisotopic (exact) mass is 311 g/mol. The summed E-state index contributed by atoms with van der Waals surface area (Å²) in [6, 6.07) is -0.269. The van der Waals surface area contributed by atoms with Gasteiger partial charge in [0.25, 0.3) is 0 Å². The molecule has 7 heteroatoms. The minimum absolute atomic E-state index is 0.0538. The molecule has 2 saturated heterocycles. The van der Waals surface area contributed by atoms with Crippen molar-refractivity contribution < 1.29 is 19.1 Å². The van der Waals surface area contributed by atoms with Gasteiger partial charge < -0.3 is 19.9 Å². The van der Waals surface area contributed by atoms with Crippen LogP contribution in [0.1, 0.15) is 20.8 Å². The van der Waals surface area contributed by atoms with E-state index in [9.17, 15) is 14.4 Å². The van der Waals surface area contributed by atoms with E-state index in [-0.39, 0.29) is 23.8 Å². The molecule has 2 aliphatic rings. The lowest BCUT2D eigenvalue weighted by atomic mass is 9.78. The molecule has 2 amide bonds. The Morgan fingerprint density at radius 3 is 2.32 bits per heavy atom. The van der Waals surface area contributed by atoms with Gasteiger partial charge in [-0.2, -0.15) is 0 Å². The fourth-order valence-electron chi connectivity index (χ4n) is 3.16. The Labute approximate surface area is 131 Å². The summed E-state index contributed by atoms with van der Waals surface area (Å²) in [5.41, 5.74) is 0. The number of nitrogens with zero attached hydrogens (tertiary/aromatic N) is 2. The molecule has 0 spiro atoms. The van der Waals surface area contributed by atoms with Gasteiger partial charge in [0.05, 0.1) is 17.9 Å². The molecular formula is C15H25N3O4. The van der Waals surface area contributed by atoms with Crippen LogP contribution in [0.15, 0.2) is 0 Å². The number of carbonyl (C=O) groups is 3. The second-order valence-electron chi connectivity index (χ2n) is 6.29. The SMILES string of the molecule is CC(=O)OC(C)[C@H]1C(=O)N[C@@H]1[C@@H](C)C(=O)N1CCN(C)CC1. The molecular weight excluding hydrogens is 286 g/mol. The first kappa shape index (κ1) is 16.7. The van der Waals surface area contributed by atoms with Crippen LogP contribution in [0, 0.1) is 11.8 Å². The molecule has 1 unspecified atom stereocenters. The Morgan fingerprint density at radius 1 is 1.23 bits per heavy atom. The van der Waals surface area contributed by atoms with E-state index in [1.807, 2.05) is 18.9 Å². The number of piperazine rings is 1. The number of amides is 2. The summed E-state index contributed by atoms with van der Waals surface area (Å²) in [5.74, 6) is -1.28. The Morgan fingerprint density at radius 2 is 1.82 bits per heavy atom. The van der Waals surface area contributed by atoms with Crippen molar-refractivity contribution >= 4 is 17.8 Å². The number of likely N-dealkylation sites (N-methyl/N-ethyl adjacent to an activating group) is 1. The number of rotatable bonds is 4. The maximum Gasteiger partial charge on any atom is 0.302 e. The second kappa shape index (κ2) is 6.64. The van der Waals surface area contributed by atoms with Gasteiger partial charge in [-0.25, -0.2) is 0 Å². The van der Waals surface area contributed by atoms with Crippen LogP contribution in [0.5, 0.6) is 0 Å². The Balaban J connectivity index is 1.96. The molecule has 2 rings (SSSR count). The molecule has 0 saturated carbocycles. The largest absolute Gasteiger partial charge is 0.462 e. The summed E-state index contributed by atoms with van der Waals surface area (Å²) in [6.45, 7) is 8.00. The fraction of sp³-hybridized carbons (Fsp3) is 0.800. The molecule has 2 aliphatic heterocycles. The van der Waals surface area contributed by atoms with Crippen molar-refractivity contribution in [2.75, 3.05) is 33.2 Å². The van der Waals surface area contributed by atoms with Crippen LogP contribution in [0.25, 0.3) is 0 Å². The van der Waals surface area contributed by atoms with E-state index in [1.54, 1.807) is 6.92 Å². The van der Waals surface area contributed by atoms with Gasteiger partial charge in [-0.3, -0.25) is 14.4 Å². The van der Waals surface area contributed by atoms with Crippen LogP contribution in [0.4, 0.5) is 0 Å².